The Labute approximate surface area is 139 Å². The summed E-state index contributed by atoms with van der Waals surface area (Å²) in [4.78, 5) is 23.5. The van der Waals surface area contributed by atoms with Crippen LogP contribution in [0.3, 0.4) is 0 Å². The zero-order valence-corrected chi connectivity index (χ0v) is 13.2. The van der Waals surface area contributed by atoms with Crippen molar-refractivity contribution in [1.29, 1.82) is 0 Å². The van der Waals surface area contributed by atoms with Crippen LogP contribution in [0, 0.1) is 5.82 Å². The van der Waals surface area contributed by atoms with Crippen molar-refractivity contribution in [3.63, 3.8) is 0 Å². The lowest BCUT2D eigenvalue weighted by Crippen LogP contribution is -2.54. The van der Waals surface area contributed by atoms with Crippen LogP contribution in [0.4, 0.5) is 9.18 Å². The van der Waals surface area contributed by atoms with Crippen LogP contribution in [0.15, 0.2) is 54.6 Å². The van der Waals surface area contributed by atoms with Gasteiger partial charge in [0.25, 0.3) is 0 Å². The third kappa shape index (κ3) is 4.55. The Balaban J connectivity index is 2.03. The van der Waals surface area contributed by atoms with E-state index < -0.39 is 23.4 Å². The Morgan fingerprint density at radius 3 is 2.38 bits per heavy atom. The molecular weight excluding hydrogens is 313 g/mol. The minimum absolute atomic E-state index is 0.0159. The third-order valence-corrected chi connectivity index (χ3v) is 3.56. The van der Waals surface area contributed by atoms with E-state index in [0.29, 0.717) is 0 Å². The van der Waals surface area contributed by atoms with Crippen molar-refractivity contribution in [1.82, 2.24) is 5.32 Å². The standard InChI is InChI=1S/C18H18FNO4/c1-18(16(21)22,11-14-9-5-6-10-15(14)19)20-17(23)24-12-13-7-3-2-4-8-13/h2-10H,11-12H2,1H3,(H,20,23)(H,21,22)/t18-/m0/s1. The minimum Gasteiger partial charge on any atom is -0.480 e. The van der Waals surface area contributed by atoms with Crippen LogP contribution in [0.25, 0.3) is 0 Å². The van der Waals surface area contributed by atoms with Crippen LogP contribution in [0.5, 0.6) is 0 Å². The average Bonchev–Trinajstić information content (AvgIpc) is 2.56. The van der Waals surface area contributed by atoms with E-state index in [4.69, 9.17) is 4.74 Å². The van der Waals surface area contributed by atoms with E-state index in [1.165, 1.54) is 25.1 Å². The number of hydrogen-bond donors (Lipinski definition) is 2. The molecule has 1 atom stereocenters. The molecule has 2 N–H and O–H groups in total. The maximum absolute atomic E-state index is 13.8. The van der Waals surface area contributed by atoms with Gasteiger partial charge in [-0.25, -0.2) is 14.0 Å². The molecule has 0 saturated heterocycles. The summed E-state index contributed by atoms with van der Waals surface area (Å²) in [7, 11) is 0. The molecule has 126 valence electrons. The highest BCUT2D eigenvalue weighted by molar-refractivity contribution is 5.84. The first-order chi connectivity index (χ1) is 11.4. The van der Waals surface area contributed by atoms with Crippen LogP contribution < -0.4 is 5.32 Å². The van der Waals surface area contributed by atoms with Crippen molar-refractivity contribution >= 4 is 12.1 Å². The molecule has 1 amide bonds. The monoisotopic (exact) mass is 331 g/mol. The number of amides is 1. The van der Waals surface area contributed by atoms with Crippen molar-refractivity contribution in [2.45, 2.75) is 25.5 Å². The number of ether oxygens (including phenoxy) is 1. The molecule has 2 rings (SSSR count). The van der Waals surface area contributed by atoms with Gasteiger partial charge in [0.15, 0.2) is 0 Å². The highest BCUT2D eigenvalue weighted by Gasteiger charge is 2.36. The van der Waals surface area contributed by atoms with Gasteiger partial charge in [-0.3, -0.25) is 0 Å². The molecule has 0 saturated carbocycles. The SMILES string of the molecule is C[C@@](Cc1ccccc1F)(NC(=O)OCc1ccccc1)C(=O)O. The van der Waals surface area contributed by atoms with Crippen LogP contribution in [0.1, 0.15) is 18.1 Å². The first-order valence-corrected chi connectivity index (χ1v) is 7.36. The molecule has 2 aromatic rings. The summed E-state index contributed by atoms with van der Waals surface area (Å²) >= 11 is 0. The summed E-state index contributed by atoms with van der Waals surface area (Å²) < 4.78 is 18.8. The highest BCUT2D eigenvalue weighted by Crippen LogP contribution is 2.17. The second-order valence-corrected chi connectivity index (χ2v) is 5.59. The lowest BCUT2D eigenvalue weighted by molar-refractivity contribution is -0.143. The molecule has 6 heteroatoms. The second-order valence-electron chi connectivity index (χ2n) is 5.59. The summed E-state index contributed by atoms with van der Waals surface area (Å²) in [6.07, 6.45) is -1.07. The van der Waals surface area contributed by atoms with Gasteiger partial charge in [-0.15, -0.1) is 0 Å². The summed E-state index contributed by atoms with van der Waals surface area (Å²) in [5, 5.41) is 11.7. The predicted molar refractivity (Wildman–Crippen MR) is 85.9 cm³/mol. The molecule has 0 aliphatic heterocycles. The van der Waals surface area contributed by atoms with Gasteiger partial charge >= 0.3 is 12.1 Å². The Morgan fingerprint density at radius 1 is 1.12 bits per heavy atom. The molecule has 0 spiro atoms. The van der Waals surface area contributed by atoms with Crippen LogP contribution in [-0.2, 0) is 22.6 Å². The number of nitrogens with one attached hydrogen (secondary N) is 1. The van der Waals surface area contributed by atoms with E-state index in [-0.39, 0.29) is 18.6 Å². The van der Waals surface area contributed by atoms with E-state index >= 15 is 0 Å². The van der Waals surface area contributed by atoms with Crippen molar-refractivity contribution in [2.24, 2.45) is 0 Å². The fraction of sp³-hybridized carbons (Fsp3) is 0.222. The Bertz CT molecular complexity index is 720. The number of alkyl carbamates (subject to hydrolysis) is 1. The van der Waals surface area contributed by atoms with Crippen molar-refractivity contribution in [3.05, 3.63) is 71.5 Å². The molecule has 0 aliphatic carbocycles. The first-order valence-electron chi connectivity index (χ1n) is 7.36. The molecule has 0 radical (unpaired) electrons. The molecular formula is C18H18FNO4. The molecule has 0 aliphatic rings. The lowest BCUT2D eigenvalue weighted by Gasteiger charge is -2.26. The number of carbonyl (C=O) groups excluding carboxylic acids is 1. The normalized spacial score (nSPS) is 12.9. The molecule has 2 aromatic carbocycles. The minimum atomic E-state index is -1.68. The molecule has 0 heterocycles. The van der Waals surface area contributed by atoms with Gasteiger partial charge in [-0.2, -0.15) is 0 Å². The summed E-state index contributed by atoms with van der Waals surface area (Å²) in [6.45, 7) is 1.33. The van der Waals surface area contributed by atoms with Gasteiger partial charge in [0, 0.05) is 6.42 Å². The summed E-state index contributed by atoms with van der Waals surface area (Å²) in [5.41, 5.74) is -0.708. The van der Waals surface area contributed by atoms with E-state index in [1.54, 1.807) is 30.3 Å². The number of rotatable bonds is 6. The van der Waals surface area contributed by atoms with Crippen molar-refractivity contribution in [2.75, 3.05) is 0 Å². The topological polar surface area (TPSA) is 75.6 Å². The van der Waals surface area contributed by atoms with Crippen LogP contribution in [0.2, 0.25) is 0 Å². The zero-order chi connectivity index (χ0) is 17.6. The molecule has 24 heavy (non-hydrogen) atoms. The average molecular weight is 331 g/mol. The van der Waals surface area contributed by atoms with Crippen LogP contribution >= 0.6 is 0 Å². The number of aliphatic carboxylic acids is 1. The Morgan fingerprint density at radius 2 is 1.75 bits per heavy atom. The number of hydrogen-bond acceptors (Lipinski definition) is 3. The summed E-state index contributed by atoms with van der Waals surface area (Å²) in [5.74, 6) is -1.80. The van der Waals surface area contributed by atoms with E-state index in [9.17, 15) is 19.1 Å². The van der Waals surface area contributed by atoms with Gasteiger partial charge in [-0.05, 0) is 24.1 Å². The Hall–Kier alpha value is -2.89. The van der Waals surface area contributed by atoms with Gasteiger partial charge in [0.1, 0.15) is 18.0 Å². The highest BCUT2D eigenvalue weighted by atomic mass is 19.1. The number of benzene rings is 2. The number of carboxylic acids is 1. The maximum atomic E-state index is 13.8. The Kier molecular flexibility index (Phi) is 5.52. The van der Waals surface area contributed by atoms with E-state index in [0.717, 1.165) is 5.56 Å². The second kappa shape index (κ2) is 7.59. The van der Waals surface area contributed by atoms with Crippen LogP contribution in [-0.4, -0.2) is 22.7 Å². The van der Waals surface area contributed by atoms with Gasteiger partial charge in [-0.1, -0.05) is 48.5 Å². The van der Waals surface area contributed by atoms with E-state index in [1.807, 2.05) is 6.07 Å². The molecule has 0 bridgehead atoms. The number of carboxylic acid groups (broad SMARTS) is 1. The van der Waals surface area contributed by atoms with Gasteiger partial charge in [0.05, 0.1) is 0 Å². The first kappa shape index (κ1) is 17.5. The molecule has 5 nitrogen and oxygen atoms in total. The third-order valence-electron chi connectivity index (χ3n) is 3.56. The maximum Gasteiger partial charge on any atom is 0.408 e. The van der Waals surface area contributed by atoms with Crippen molar-refractivity contribution in [3.8, 4) is 0 Å². The fourth-order valence-electron chi connectivity index (χ4n) is 2.18. The lowest BCUT2D eigenvalue weighted by atomic mass is 9.93. The molecule has 0 unspecified atom stereocenters. The van der Waals surface area contributed by atoms with Crippen molar-refractivity contribution < 1.29 is 23.8 Å². The van der Waals surface area contributed by atoms with E-state index in [2.05, 4.69) is 5.32 Å². The predicted octanol–water partition coefficient (Wildman–Crippen LogP) is 3.14. The smallest absolute Gasteiger partial charge is 0.408 e. The van der Waals surface area contributed by atoms with Gasteiger partial charge in [0.2, 0.25) is 0 Å². The summed E-state index contributed by atoms with van der Waals surface area (Å²) in [6, 6.07) is 14.8. The molecule has 0 fully saturated rings. The molecule has 0 aromatic heterocycles. The zero-order valence-electron chi connectivity index (χ0n) is 13.2. The number of carbonyl (C=O) groups is 2. The van der Waals surface area contributed by atoms with Gasteiger partial charge < -0.3 is 15.2 Å². The largest absolute Gasteiger partial charge is 0.480 e. The fourth-order valence-corrected chi connectivity index (χ4v) is 2.18. The number of halogens is 1. The quantitative estimate of drug-likeness (QED) is 0.853.